The summed E-state index contributed by atoms with van der Waals surface area (Å²) < 4.78 is 41.3. The molecule has 0 spiro atoms. The number of alkyl halides is 3. The number of methoxy groups -OCH3 is 1. The Morgan fingerprint density at radius 2 is 2.12 bits per heavy atom. The lowest BCUT2D eigenvalue weighted by Gasteiger charge is -2.24. The summed E-state index contributed by atoms with van der Waals surface area (Å²) >= 11 is 0. The fourth-order valence-corrected chi connectivity index (χ4v) is 2.77. The average molecular weight is 344 g/mol. The van der Waals surface area contributed by atoms with Gasteiger partial charge < -0.3 is 10.1 Å². The third-order valence-corrected chi connectivity index (χ3v) is 3.86. The molecule has 1 unspecified atom stereocenters. The second kappa shape index (κ2) is 7.65. The highest BCUT2D eigenvalue weighted by Gasteiger charge is 2.34. The second-order valence-corrected chi connectivity index (χ2v) is 5.65. The molecule has 5 nitrogen and oxygen atoms in total. The van der Waals surface area contributed by atoms with Gasteiger partial charge in [-0.05, 0) is 37.1 Å². The minimum absolute atomic E-state index is 0.384. The molecule has 1 heterocycles. The van der Waals surface area contributed by atoms with Crippen LogP contribution in [-0.4, -0.2) is 49.2 Å². The molecule has 1 aromatic carbocycles. The summed E-state index contributed by atoms with van der Waals surface area (Å²) in [6.07, 6.45) is -3.17. The van der Waals surface area contributed by atoms with Gasteiger partial charge in [0.2, 0.25) is 5.91 Å². The van der Waals surface area contributed by atoms with Gasteiger partial charge in [0.1, 0.15) is 6.54 Å². The Kier molecular flexibility index (Phi) is 5.82. The van der Waals surface area contributed by atoms with E-state index in [0.717, 1.165) is 12.0 Å². The molecule has 0 radical (unpaired) electrons. The molecule has 8 heteroatoms. The first-order chi connectivity index (χ1) is 11.3. The van der Waals surface area contributed by atoms with Crippen LogP contribution in [0.3, 0.4) is 0 Å². The number of benzene rings is 1. The summed E-state index contributed by atoms with van der Waals surface area (Å²) in [5.74, 6) is -1.08. The molecule has 24 heavy (non-hydrogen) atoms. The van der Waals surface area contributed by atoms with E-state index >= 15 is 0 Å². The van der Waals surface area contributed by atoms with Gasteiger partial charge >= 0.3 is 12.1 Å². The summed E-state index contributed by atoms with van der Waals surface area (Å²) in [4.78, 5) is 25.4. The quantitative estimate of drug-likeness (QED) is 0.832. The monoisotopic (exact) mass is 344 g/mol. The Hall–Kier alpha value is -2.09. The molecule has 1 atom stereocenters. The van der Waals surface area contributed by atoms with Crippen molar-refractivity contribution in [1.82, 2.24) is 10.2 Å². The lowest BCUT2D eigenvalue weighted by atomic mass is 10.1. The van der Waals surface area contributed by atoms with E-state index in [1.807, 2.05) is 10.2 Å². The number of carbonyl (C=O) groups is 2. The molecular weight excluding hydrogens is 325 g/mol. The number of nitrogens with one attached hydrogen (secondary N) is 1. The maximum absolute atomic E-state index is 12.2. The lowest BCUT2D eigenvalue weighted by Crippen LogP contribution is -2.45. The zero-order valence-electron chi connectivity index (χ0n) is 13.2. The van der Waals surface area contributed by atoms with E-state index in [2.05, 4.69) is 4.74 Å². The third kappa shape index (κ3) is 4.95. The van der Waals surface area contributed by atoms with E-state index in [-0.39, 0.29) is 0 Å². The van der Waals surface area contributed by atoms with Crippen molar-refractivity contribution in [2.24, 2.45) is 0 Å². The van der Waals surface area contributed by atoms with Crippen LogP contribution in [0.2, 0.25) is 0 Å². The number of amides is 1. The minimum atomic E-state index is -4.42. The molecule has 0 aromatic heterocycles. The fraction of sp³-hybridized carbons (Fsp3) is 0.500. The van der Waals surface area contributed by atoms with Crippen LogP contribution in [0.1, 0.15) is 28.8 Å². The molecule has 1 saturated heterocycles. The molecule has 0 saturated carbocycles. The van der Waals surface area contributed by atoms with Gasteiger partial charge in [0.05, 0.1) is 18.7 Å². The number of esters is 1. The van der Waals surface area contributed by atoms with Gasteiger partial charge in [-0.1, -0.05) is 12.1 Å². The van der Waals surface area contributed by atoms with Crippen molar-refractivity contribution in [2.75, 3.05) is 20.2 Å². The smallest absolute Gasteiger partial charge is 0.405 e. The summed E-state index contributed by atoms with van der Waals surface area (Å²) in [6, 6.07) is 6.20. The standard InChI is InChI=1S/C16H19F3N2O3/c1-24-15(23)12-5-2-4-11(8-12)9-21-7-3-6-13(21)14(22)20-10-16(17,18)19/h2,4-5,8,13H,3,6-7,9-10H2,1H3,(H,20,22). The fourth-order valence-electron chi connectivity index (χ4n) is 2.77. The highest BCUT2D eigenvalue weighted by Crippen LogP contribution is 2.21. The molecule has 1 aromatic rings. The van der Waals surface area contributed by atoms with Crippen molar-refractivity contribution in [2.45, 2.75) is 31.6 Å². The van der Waals surface area contributed by atoms with Crippen LogP contribution in [0.15, 0.2) is 24.3 Å². The van der Waals surface area contributed by atoms with Crippen LogP contribution >= 0.6 is 0 Å². The van der Waals surface area contributed by atoms with Gasteiger partial charge in [0.25, 0.3) is 0 Å². The maximum Gasteiger partial charge on any atom is 0.405 e. The Balaban J connectivity index is 2.01. The summed E-state index contributed by atoms with van der Waals surface area (Å²) in [7, 11) is 1.29. The van der Waals surface area contributed by atoms with E-state index in [1.165, 1.54) is 7.11 Å². The predicted molar refractivity (Wildman–Crippen MR) is 80.3 cm³/mol. The third-order valence-electron chi connectivity index (χ3n) is 3.86. The van der Waals surface area contributed by atoms with Gasteiger partial charge in [0.15, 0.2) is 0 Å². The van der Waals surface area contributed by atoms with E-state index in [9.17, 15) is 22.8 Å². The first-order valence-electron chi connectivity index (χ1n) is 7.56. The van der Waals surface area contributed by atoms with Crippen LogP contribution < -0.4 is 5.32 Å². The number of hydrogen-bond acceptors (Lipinski definition) is 4. The van der Waals surface area contributed by atoms with E-state index < -0.39 is 30.6 Å². The van der Waals surface area contributed by atoms with Crippen molar-refractivity contribution < 1.29 is 27.5 Å². The Morgan fingerprint density at radius 3 is 2.79 bits per heavy atom. The summed E-state index contributed by atoms with van der Waals surface area (Å²) in [5, 5.41) is 1.94. The van der Waals surface area contributed by atoms with Crippen LogP contribution in [0, 0.1) is 0 Å². The molecule has 0 bridgehead atoms. The molecule has 1 N–H and O–H groups in total. The van der Waals surface area contributed by atoms with E-state index in [0.29, 0.717) is 25.1 Å². The average Bonchev–Trinajstić information content (AvgIpc) is 2.99. The van der Waals surface area contributed by atoms with E-state index in [4.69, 9.17) is 0 Å². The topological polar surface area (TPSA) is 58.6 Å². The van der Waals surface area contributed by atoms with Crippen molar-refractivity contribution >= 4 is 11.9 Å². The summed E-state index contributed by atoms with van der Waals surface area (Å²) in [5.41, 5.74) is 1.20. The predicted octanol–water partition coefficient (Wildman–Crippen LogP) is 2.12. The van der Waals surface area contributed by atoms with Gasteiger partial charge in [-0.2, -0.15) is 13.2 Å². The van der Waals surface area contributed by atoms with Crippen molar-refractivity contribution in [1.29, 1.82) is 0 Å². The van der Waals surface area contributed by atoms with Crippen LogP contribution in [0.25, 0.3) is 0 Å². The van der Waals surface area contributed by atoms with Crippen LogP contribution in [-0.2, 0) is 16.1 Å². The molecule has 2 rings (SSSR count). The van der Waals surface area contributed by atoms with Gasteiger partial charge in [-0.15, -0.1) is 0 Å². The van der Waals surface area contributed by atoms with Gasteiger partial charge in [-0.3, -0.25) is 9.69 Å². The molecule has 1 aliphatic rings. The molecule has 0 aliphatic carbocycles. The largest absolute Gasteiger partial charge is 0.465 e. The lowest BCUT2D eigenvalue weighted by molar-refractivity contribution is -0.141. The minimum Gasteiger partial charge on any atom is -0.465 e. The van der Waals surface area contributed by atoms with E-state index in [1.54, 1.807) is 24.3 Å². The number of nitrogens with zero attached hydrogens (tertiary/aromatic N) is 1. The highest BCUT2D eigenvalue weighted by atomic mass is 19.4. The Labute approximate surface area is 137 Å². The van der Waals surface area contributed by atoms with Crippen molar-refractivity contribution in [3.8, 4) is 0 Å². The van der Waals surface area contributed by atoms with Crippen LogP contribution in [0.5, 0.6) is 0 Å². The van der Waals surface area contributed by atoms with Gasteiger partial charge in [0, 0.05) is 6.54 Å². The number of rotatable bonds is 5. The zero-order valence-corrected chi connectivity index (χ0v) is 13.2. The van der Waals surface area contributed by atoms with Crippen LogP contribution in [0.4, 0.5) is 13.2 Å². The number of hydrogen-bond donors (Lipinski definition) is 1. The Bertz CT molecular complexity index is 604. The normalized spacial score (nSPS) is 18.4. The number of likely N-dealkylation sites (tertiary alicyclic amines) is 1. The highest BCUT2D eigenvalue weighted by molar-refractivity contribution is 5.89. The number of halogens is 3. The molecule has 1 aliphatic heterocycles. The molecule has 132 valence electrons. The second-order valence-electron chi connectivity index (χ2n) is 5.65. The SMILES string of the molecule is COC(=O)c1cccc(CN2CCCC2C(=O)NCC(F)(F)F)c1. The van der Waals surface area contributed by atoms with Gasteiger partial charge in [-0.25, -0.2) is 4.79 Å². The van der Waals surface area contributed by atoms with Crippen molar-refractivity contribution in [3.05, 3.63) is 35.4 Å². The zero-order chi connectivity index (χ0) is 17.7. The summed E-state index contributed by atoms with van der Waals surface area (Å²) in [6.45, 7) is -0.324. The number of ether oxygens (including phenoxy) is 1. The number of carbonyl (C=O) groups excluding carboxylic acids is 2. The first kappa shape index (κ1) is 18.3. The molecule has 1 fully saturated rings. The first-order valence-corrected chi connectivity index (χ1v) is 7.56. The maximum atomic E-state index is 12.2. The molecular formula is C16H19F3N2O3. The molecule has 1 amide bonds. The Morgan fingerprint density at radius 1 is 1.38 bits per heavy atom. The van der Waals surface area contributed by atoms with Crippen molar-refractivity contribution in [3.63, 3.8) is 0 Å².